The lowest BCUT2D eigenvalue weighted by Gasteiger charge is -2.22. The first kappa shape index (κ1) is 11.3. The molecular weight excluding hydrogens is 248 g/mol. The van der Waals surface area contributed by atoms with Crippen molar-refractivity contribution in [3.05, 3.63) is 34.6 Å². The van der Waals surface area contributed by atoms with Crippen molar-refractivity contribution in [2.24, 2.45) is 0 Å². The zero-order chi connectivity index (χ0) is 12.5. The first-order valence-corrected chi connectivity index (χ1v) is 6.72. The standard InChI is InChI=1S/C12H14N4OS/c13-12-16-8-4-3-7(6-10(8)18-12)15-11(17)9-2-1-5-14-9/h1-2,5,7,14H,3-4,6H2,(H2,13,16)(H,15,17). The number of aromatic amines is 1. The molecule has 1 amide bonds. The van der Waals surface area contributed by atoms with E-state index in [1.807, 2.05) is 6.07 Å². The predicted molar refractivity (Wildman–Crippen MR) is 70.6 cm³/mol. The fraction of sp³-hybridized carbons (Fsp3) is 0.333. The molecule has 0 aliphatic heterocycles. The van der Waals surface area contributed by atoms with Crippen LogP contribution in [0.4, 0.5) is 5.13 Å². The number of nitrogens with zero attached hydrogens (tertiary/aromatic N) is 1. The molecule has 18 heavy (non-hydrogen) atoms. The number of thiazole rings is 1. The van der Waals surface area contributed by atoms with Crippen molar-refractivity contribution in [2.45, 2.75) is 25.3 Å². The maximum Gasteiger partial charge on any atom is 0.267 e. The monoisotopic (exact) mass is 262 g/mol. The highest BCUT2D eigenvalue weighted by Gasteiger charge is 2.23. The van der Waals surface area contributed by atoms with Crippen LogP contribution in [0, 0.1) is 0 Å². The summed E-state index contributed by atoms with van der Waals surface area (Å²) < 4.78 is 0. The number of aromatic nitrogens is 2. The average Bonchev–Trinajstić information content (AvgIpc) is 2.95. The fourth-order valence-corrected chi connectivity index (χ4v) is 3.21. The van der Waals surface area contributed by atoms with Crippen molar-refractivity contribution in [3.8, 4) is 0 Å². The zero-order valence-electron chi connectivity index (χ0n) is 9.77. The number of hydrogen-bond donors (Lipinski definition) is 3. The summed E-state index contributed by atoms with van der Waals surface area (Å²) in [5, 5.41) is 3.66. The zero-order valence-corrected chi connectivity index (χ0v) is 10.6. The molecule has 3 rings (SSSR count). The SMILES string of the molecule is Nc1nc2c(s1)CC(NC(=O)c1ccc[nH]1)CC2. The maximum atomic E-state index is 11.9. The molecule has 6 heteroatoms. The smallest absolute Gasteiger partial charge is 0.267 e. The van der Waals surface area contributed by atoms with Gasteiger partial charge in [0.1, 0.15) is 5.69 Å². The number of H-pyrrole nitrogens is 1. The number of nitrogens with one attached hydrogen (secondary N) is 2. The van der Waals surface area contributed by atoms with Gasteiger partial charge in [-0.05, 0) is 25.0 Å². The van der Waals surface area contributed by atoms with Gasteiger partial charge in [-0.3, -0.25) is 4.79 Å². The summed E-state index contributed by atoms with van der Waals surface area (Å²) in [6.45, 7) is 0. The van der Waals surface area contributed by atoms with Crippen molar-refractivity contribution >= 4 is 22.4 Å². The number of hydrogen-bond acceptors (Lipinski definition) is 4. The third kappa shape index (κ3) is 2.11. The molecule has 1 unspecified atom stereocenters. The van der Waals surface area contributed by atoms with Crippen molar-refractivity contribution in [1.29, 1.82) is 0 Å². The molecule has 0 aromatic carbocycles. The van der Waals surface area contributed by atoms with Gasteiger partial charge < -0.3 is 16.0 Å². The Kier molecular flexibility index (Phi) is 2.79. The molecule has 0 radical (unpaired) electrons. The largest absolute Gasteiger partial charge is 0.375 e. The number of aryl methyl sites for hydroxylation is 1. The van der Waals surface area contributed by atoms with E-state index in [0.29, 0.717) is 10.8 Å². The molecule has 0 saturated carbocycles. The van der Waals surface area contributed by atoms with Gasteiger partial charge in [0.15, 0.2) is 5.13 Å². The molecule has 4 N–H and O–H groups in total. The lowest BCUT2D eigenvalue weighted by atomic mass is 9.97. The molecule has 0 fully saturated rings. The predicted octanol–water partition coefficient (Wildman–Crippen LogP) is 1.34. The van der Waals surface area contributed by atoms with Crippen LogP contribution in [0.1, 0.15) is 27.5 Å². The molecule has 0 bridgehead atoms. The fourth-order valence-electron chi connectivity index (χ4n) is 2.25. The van der Waals surface area contributed by atoms with Crippen LogP contribution in [0.2, 0.25) is 0 Å². The summed E-state index contributed by atoms with van der Waals surface area (Å²) in [6.07, 6.45) is 4.38. The van der Waals surface area contributed by atoms with Crippen LogP contribution in [0.5, 0.6) is 0 Å². The van der Waals surface area contributed by atoms with Gasteiger partial charge in [-0.2, -0.15) is 0 Å². The van der Waals surface area contributed by atoms with Crippen LogP contribution in [-0.2, 0) is 12.8 Å². The van der Waals surface area contributed by atoms with E-state index in [1.54, 1.807) is 12.3 Å². The Balaban J connectivity index is 1.68. The maximum absolute atomic E-state index is 11.9. The van der Waals surface area contributed by atoms with Gasteiger partial charge >= 0.3 is 0 Å². The number of amides is 1. The number of carbonyl (C=O) groups is 1. The Bertz CT molecular complexity index is 561. The molecule has 0 spiro atoms. The van der Waals surface area contributed by atoms with Gasteiger partial charge in [0, 0.05) is 23.5 Å². The van der Waals surface area contributed by atoms with Crippen LogP contribution in [0.15, 0.2) is 18.3 Å². The number of anilines is 1. The Morgan fingerprint density at radius 3 is 3.28 bits per heavy atom. The Hall–Kier alpha value is -1.82. The minimum Gasteiger partial charge on any atom is -0.375 e. The first-order chi connectivity index (χ1) is 8.72. The highest BCUT2D eigenvalue weighted by Crippen LogP contribution is 2.28. The van der Waals surface area contributed by atoms with Crippen LogP contribution < -0.4 is 11.1 Å². The molecule has 1 aliphatic rings. The van der Waals surface area contributed by atoms with Crippen molar-refractivity contribution < 1.29 is 4.79 Å². The minimum atomic E-state index is -0.0501. The van der Waals surface area contributed by atoms with Crippen molar-refractivity contribution in [1.82, 2.24) is 15.3 Å². The minimum absolute atomic E-state index is 0.0501. The summed E-state index contributed by atoms with van der Waals surface area (Å²) >= 11 is 1.53. The Morgan fingerprint density at radius 2 is 2.50 bits per heavy atom. The van der Waals surface area contributed by atoms with Crippen LogP contribution in [-0.4, -0.2) is 21.9 Å². The third-order valence-corrected chi connectivity index (χ3v) is 4.08. The number of nitrogen functional groups attached to an aromatic ring is 1. The summed E-state index contributed by atoms with van der Waals surface area (Å²) in [5.41, 5.74) is 7.40. The second-order valence-corrected chi connectivity index (χ2v) is 5.53. The van der Waals surface area contributed by atoms with Gasteiger partial charge in [-0.15, -0.1) is 11.3 Å². The third-order valence-electron chi connectivity index (χ3n) is 3.13. The first-order valence-electron chi connectivity index (χ1n) is 5.90. The van der Waals surface area contributed by atoms with E-state index in [4.69, 9.17) is 5.73 Å². The normalized spacial score (nSPS) is 18.3. The quantitative estimate of drug-likeness (QED) is 0.763. The van der Waals surface area contributed by atoms with Gasteiger partial charge in [-0.1, -0.05) is 0 Å². The topological polar surface area (TPSA) is 83.8 Å². The summed E-state index contributed by atoms with van der Waals surface area (Å²) in [4.78, 5) is 20.3. The Labute approximate surface area is 108 Å². The number of nitrogens with two attached hydrogens (primary N) is 1. The van der Waals surface area contributed by atoms with Gasteiger partial charge in [0.25, 0.3) is 5.91 Å². The van der Waals surface area contributed by atoms with E-state index in [-0.39, 0.29) is 11.9 Å². The molecule has 2 aromatic rings. The number of fused-ring (bicyclic) bond motifs is 1. The van der Waals surface area contributed by atoms with E-state index in [9.17, 15) is 4.79 Å². The van der Waals surface area contributed by atoms with Crippen LogP contribution >= 0.6 is 11.3 Å². The molecule has 0 saturated heterocycles. The molecule has 94 valence electrons. The van der Waals surface area contributed by atoms with Gasteiger partial charge in [0.05, 0.1) is 5.69 Å². The van der Waals surface area contributed by atoms with Crippen LogP contribution in [0.25, 0.3) is 0 Å². The average molecular weight is 262 g/mol. The molecule has 2 heterocycles. The highest BCUT2D eigenvalue weighted by atomic mass is 32.1. The van der Waals surface area contributed by atoms with Crippen LogP contribution in [0.3, 0.4) is 0 Å². The Morgan fingerprint density at radius 1 is 1.61 bits per heavy atom. The highest BCUT2D eigenvalue weighted by molar-refractivity contribution is 7.15. The second kappa shape index (κ2) is 4.45. The van der Waals surface area contributed by atoms with E-state index < -0.39 is 0 Å². The summed E-state index contributed by atoms with van der Waals surface area (Å²) in [5.74, 6) is -0.0501. The van der Waals surface area contributed by atoms with E-state index in [0.717, 1.165) is 25.0 Å². The summed E-state index contributed by atoms with van der Waals surface area (Å²) in [6, 6.07) is 3.76. The van der Waals surface area contributed by atoms with Gasteiger partial charge in [-0.25, -0.2) is 4.98 Å². The van der Waals surface area contributed by atoms with E-state index >= 15 is 0 Å². The number of rotatable bonds is 2. The van der Waals surface area contributed by atoms with E-state index in [2.05, 4.69) is 15.3 Å². The molecule has 2 aromatic heterocycles. The van der Waals surface area contributed by atoms with Gasteiger partial charge in [0.2, 0.25) is 0 Å². The molecule has 1 aliphatic carbocycles. The summed E-state index contributed by atoms with van der Waals surface area (Å²) in [7, 11) is 0. The van der Waals surface area contributed by atoms with Crippen molar-refractivity contribution in [3.63, 3.8) is 0 Å². The second-order valence-electron chi connectivity index (χ2n) is 4.42. The molecular formula is C12H14N4OS. The lowest BCUT2D eigenvalue weighted by Crippen LogP contribution is -2.38. The van der Waals surface area contributed by atoms with Crippen molar-refractivity contribution in [2.75, 3.05) is 5.73 Å². The molecule has 5 nitrogen and oxygen atoms in total. The van der Waals surface area contributed by atoms with E-state index in [1.165, 1.54) is 16.2 Å². The molecule has 1 atom stereocenters. The number of carbonyl (C=O) groups excluding carboxylic acids is 1. The lowest BCUT2D eigenvalue weighted by molar-refractivity contribution is 0.0929.